The summed E-state index contributed by atoms with van der Waals surface area (Å²) < 4.78 is 39.7. The monoisotopic (exact) mass is 304 g/mol. The summed E-state index contributed by atoms with van der Waals surface area (Å²) in [5.74, 6) is -0.351. The molecule has 1 aromatic carbocycles. The van der Waals surface area contributed by atoms with Crippen LogP contribution in [-0.2, 0) is 4.84 Å². The molecule has 0 atom stereocenters. The molecule has 0 saturated heterocycles. The number of rotatable bonds is 4. The highest BCUT2D eigenvalue weighted by atomic mass is 19.4. The molecule has 1 saturated carbocycles. The van der Waals surface area contributed by atoms with Crippen LogP contribution >= 0.6 is 0 Å². The largest absolute Gasteiger partial charge is 0.573 e. The van der Waals surface area contributed by atoms with Crippen molar-refractivity contribution in [2.75, 3.05) is 5.32 Å². The van der Waals surface area contributed by atoms with Gasteiger partial charge >= 0.3 is 12.4 Å². The van der Waals surface area contributed by atoms with Gasteiger partial charge < -0.3 is 10.1 Å². The Kier molecular flexibility index (Phi) is 4.89. The lowest BCUT2D eigenvalue weighted by molar-refractivity contribution is -0.274. The predicted molar refractivity (Wildman–Crippen MR) is 68.6 cm³/mol. The third-order valence-electron chi connectivity index (χ3n) is 2.97. The molecule has 1 aromatic rings. The maximum Gasteiger partial charge on any atom is 0.573 e. The summed E-state index contributed by atoms with van der Waals surface area (Å²) in [4.78, 5) is 16.7. The lowest BCUT2D eigenvalue weighted by atomic mass is 10.3. The van der Waals surface area contributed by atoms with E-state index in [4.69, 9.17) is 4.84 Å². The van der Waals surface area contributed by atoms with Crippen molar-refractivity contribution in [2.45, 2.75) is 38.1 Å². The molecule has 1 fully saturated rings. The first-order chi connectivity index (χ1) is 9.92. The van der Waals surface area contributed by atoms with Gasteiger partial charge in [0, 0.05) is 5.69 Å². The van der Waals surface area contributed by atoms with Crippen LogP contribution in [0.25, 0.3) is 0 Å². The second-order valence-electron chi connectivity index (χ2n) is 4.65. The third-order valence-corrected chi connectivity index (χ3v) is 2.97. The highest BCUT2D eigenvalue weighted by Crippen LogP contribution is 2.24. The molecule has 2 rings (SSSR count). The number of urea groups is 1. The molecule has 0 spiro atoms. The minimum atomic E-state index is -4.73. The number of hydrogen-bond acceptors (Lipinski definition) is 3. The van der Waals surface area contributed by atoms with Crippen molar-refractivity contribution in [3.8, 4) is 5.75 Å². The van der Waals surface area contributed by atoms with Crippen LogP contribution in [0.1, 0.15) is 25.7 Å². The van der Waals surface area contributed by atoms with Gasteiger partial charge in [0.05, 0.1) is 6.10 Å². The number of carbonyl (C=O) groups is 1. The Morgan fingerprint density at radius 2 is 1.76 bits per heavy atom. The zero-order valence-corrected chi connectivity index (χ0v) is 11.1. The van der Waals surface area contributed by atoms with E-state index in [-0.39, 0.29) is 11.9 Å². The van der Waals surface area contributed by atoms with Gasteiger partial charge in [0.1, 0.15) is 5.75 Å². The van der Waals surface area contributed by atoms with E-state index < -0.39 is 12.4 Å². The van der Waals surface area contributed by atoms with E-state index in [0.717, 1.165) is 37.8 Å². The van der Waals surface area contributed by atoms with Crippen LogP contribution in [0.15, 0.2) is 24.3 Å². The van der Waals surface area contributed by atoms with Gasteiger partial charge in [-0.25, -0.2) is 10.3 Å². The molecule has 116 valence electrons. The van der Waals surface area contributed by atoms with Crippen LogP contribution in [0.5, 0.6) is 5.75 Å². The molecule has 1 aliphatic carbocycles. The van der Waals surface area contributed by atoms with Crippen LogP contribution in [0.4, 0.5) is 23.7 Å². The first-order valence-electron chi connectivity index (χ1n) is 6.51. The average Bonchev–Trinajstić information content (AvgIpc) is 2.90. The number of alkyl halides is 3. The average molecular weight is 304 g/mol. The van der Waals surface area contributed by atoms with Gasteiger partial charge in [0.25, 0.3) is 0 Å². The molecule has 0 aliphatic heterocycles. The van der Waals surface area contributed by atoms with E-state index in [2.05, 4.69) is 15.5 Å². The van der Waals surface area contributed by atoms with E-state index in [9.17, 15) is 18.0 Å². The number of benzene rings is 1. The van der Waals surface area contributed by atoms with Crippen molar-refractivity contribution in [1.82, 2.24) is 5.48 Å². The van der Waals surface area contributed by atoms with Gasteiger partial charge in [0.2, 0.25) is 0 Å². The summed E-state index contributed by atoms with van der Waals surface area (Å²) in [6, 6.07) is 4.25. The second-order valence-corrected chi connectivity index (χ2v) is 4.65. The lowest BCUT2D eigenvalue weighted by Crippen LogP contribution is -2.32. The molecule has 0 radical (unpaired) electrons. The molecule has 2 N–H and O–H groups in total. The molecular formula is C13H15F3N2O3. The number of anilines is 1. The Balaban J connectivity index is 1.78. The highest BCUT2D eigenvalue weighted by molar-refractivity contribution is 5.88. The number of ether oxygens (including phenoxy) is 1. The van der Waals surface area contributed by atoms with Gasteiger partial charge in [-0.3, -0.25) is 4.84 Å². The van der Waals surface area contributed by atoms with Gasteiger partial charge in [-0.1, -0.05) is 12.8 Å². The van der Waals surface area contributed by atoms with Crippen molar-refractivity contribution in [1.29, 1.82) is 0 Å². The molecule has 1 aliphatic rings. The summed E-state index contributed by atoms with van der Waals surface area (Å²) in [7, 11) is 0. The fraction of sp³-hybridized carbons (Fsp3) is 0.462. The molecule has 0 aromatic heterocycles. The normalized spacial score (nSPS) is 15.8. The third kappa shape index (κ3) is 5.50. The summed E-state index contributed by atoms with van der Waals surface area (Å²) in [5, 5.41) is 2.44. The maximum absolute atomic E-state index is 12.0. The fourth-order valence-electron chi connectivity index (χ4n) is 2.04. The molecule has 0 heterocycles. The molecular weight excluding hydrogens is 289 g/mol. The first-order valence-corrected chi connectivity index (χ1v) is 6.51. The van der Waals surface area contributed by atoms with Crippen molar-refractivity contribution in [3.05, 3.63) is 24.3 Å². The number of hydroxylamine groups is 1. The molecule has 21 heavy (non-hydrogen) atoms. The van der Waals surface area contributed by atoms with Crippen molar-refractivity contribution < 1.29 is 27.5 Å². The summed E-state index contributed by atoms with van der Waals surface area (Å²) in [6.07, 6.45) is -0.739. The van der Waals surface area contributed by atoms with E-state index in [0.29, 0.717) is 5.69 Å². The number of nitrogens with one attached hydrogen (secondary N) is 2. The topological polar surface area (TPSA) is 59.6 Å². The van der Waals surface area contributed by atoms with E-state index in [1.54, 1.807) is 0 Å². The molecule has 0 unspecified atom stereocenters. The zero-order valence-electron chi connectivity index (χ0n) is 11.1. The van der Waals surface area contributed by atoms with Crippen LogP contribution in [0, 0.1) is 0 Å². The van der Waals surface area contributed by atoms with Gasteiger partial charge in [-0.05, 0) is 37.1 Å². The minimum absolute atomic E-state index is 0.0262. The van der Waals surface area contributed by atoms with E-state index in [1.807, 2.05) is 0 Å². The van der Waals surface area contributed by atoms with Gasteiger partial charge in [0.15, 0.2) is 0 Å². The summed E-state index contributed by atoms with van der Waals surface area (Å²) in [5.41, 5.74) is 2.60. The van der Waals surface area contributed by atoms with Crippen molar-refractivity contribution in [3.63, 3.8) is 0 Å². The van der Waals surface area contributed by atoms with Crippen LogP contribution in [0.3, 0.4) is 0 Å². The smallest absolute Gasteiger partial charge is 0.406 e. The number of halogens is 3. The van der Waals surface area contributed by atoms with Gasteiger partial charge in [-0.2, -0.15) is 0 Å². The van der Waals surface area contributed by atoms with E-state index >= 15 is 0 Å². The minimum Gasteiger partial charge on any atom is -0.406 e. The van der Waals surface area contributed by atoms with Crippen LogP contribution in [0.2, 0.25) is 0 Å². The number of amides is 2. The lowest BCUT2D eigenvalue weighted by Gasteiger charge is -2.13. The van der Waals surface area contributed by atoms with Crippen molar-refractivity contribution >= 4 is 11.7 Å². The number of hydrogen-bond donors (Lipinski definition) is 2. The molecule has 2 amide bonds. The zero-order chi connectivity index (χ0) is 15.3. The Hall–Kier alpha value is -1.96. The second kappa shape index (κ2) is 6.66. The van der Waals surface area contributed by atoms with Gasteiger partial charge in [-0.15, -0.1) is 13.2 Å². The Bertz CT molecular complexity index is 471. The Labute approximate surface area is 119 Å². The van der Waals surface area contributed by atoms with Crippen LogP contribution in [-0.4, -0.2) is 18.5 Å². The van der Waals surface area contributed by atoms with Crippen molar-refractivity contribution in [2.24, 2.45) is 0 Å². The SMILES string of the molecule is O=C(NOC1CCCC1)Nc1ccc(OC(F)(F)F)cc1. The van der Waals surface area contributed by atoms with Crippen LogP contribution < -0.4 is 15.5 Å². The molecule has 5 nitrogen and oxygen atoms in total. The first kappa shape index (κ1) is 15.4. The Morgan fingerprint density at radius 1 is 1.14 bits per heavy atom. The fourth-order valence-corrected chi connectivity index (χ4v) is 2.04. The maximum atomic E-state index is 12.0. The summed E-state index contributed by atoms with van der Waals surface area (Å²) >= 11 is 0. The quantitative estimate of drug-likeness (QED) is 0.836. The van der Waals surface area contributed by atoms with E-state index in [1.165, 1.54) is 12.1 Å². The molecule has 8 heteroatoms. The number of carbonyl (C=O) groups excluding carboxylic acids is 1. The highest BCUT2D eigenvalue weighted by Gasteiger charge is 2.30. The molecule has 0 bridgehead atoms. The Morgan fingerprint density at radius 3 is 2.33 bits per heavy atom. The standard InChI is InChI=1S/C13H15F3N2O3/c14-13(15,16)20-10-7-5-9(6-8-10)17-12(19)18-21-11-3-1-2-4-11/h5-8,11H,1-4H2,(H2,17,18,19). The predicted octanol–water partition coefficient (Wildman–Crippen LogP) is 3.58. The summed E-state index contributed by atoms with van der Waals surface area (Å²) in [6.45, 7) is 0.